The molecule has 1 atom stereocenters. The van der Waals surface area contributed by atoms with Crippen molar-refractivity contribution in [1.29, 1.82) is 0 Å². The van der Waals surface area contributed by atoms with Crippen molar-refractivity contribution in [2.75, 3.05) is 19.7 Å². The average Bonchev–Trinajstić information content (AvgIpc) is 2.75. The molecule has 0 aromatic rings. The van der Waals surface area contributed by atoms with Gasteiger partial charge in [-0.15, -0.1) is 0 Å². The van der Waals surface area contributed by atoms with E-state index in [1.807, 2.05) is 5.01 Å². The Morgan fingerprint density at radius 3 is 3.21 bits per heavy atom. The molecule has 0 radical (unpaired) electrons. The van der Waals surface area contributed by atoms with E-state index in [1.54, 1.807) is 6.20 Å². The van der Waals surface area contributed by atoms with Gasteiger partial charge in [0.05, 0.1) is 12.6 Å². The van der Waals surface area contributed by atoms with Crippen LogP contribution in [-0.4, -0.2) is 36.7 Å². The lowest BCUT2D eigenvalue weighted by molar-refractivity contribution is -0.114. The number of hydrogen-bond donors (Lipinski definition) is 2. The van der Waals surface area contributed by atoms with Crippen molar-refractivity contribution in [3.63, 3.8) is 0 Å². The molecule has 2 rings (SSSR count). The lowest BCUT2D eigenvalue weighted by Crippen LogP contribution is -2.35. The summed E-state index contributed by atoms with van der Waals surface area (Å²) in [6, 6.07) is 0. The fraction of sp³-hybridized carbons (Fsp3) is 0.667. The second-order valence-corrected chi connectivity index (χ2v) is 3.64. The van der Waals surface area contributed by atoms with Gasteiger partial charge in [0.25, 0.3) is 0 Å². The highest BCUT2D eigenvalue weighted by molar-refractivity contribution is 5.92. The first kappa shape index (κ1) is 9.48. The summed E-state index contributed by atoms with van der Waals surface area (Å²) in [5, 5.41) is 1.88. The molecule has 5 heteroatoms. The van der Waals surface area contributed by atoms with Crippen molar-refractivity contribution < 1.29 is 9.53 Å². The van der Waals surface area contributed by atoms with E-state index >= 15 is 0 Å². The predicted octanol–water partition coefficient (Wildman–Crippen LogP) is -0.645. The zero-order valence-electron chi connectivity index (χ0n) is 8.03. The molecule has 1 fully saturated rings. The topological polar surface area (TPSA) is 67.6 Å². The summed E-state index contributed by atoms with van der Waals surface area (Å²) in [5.41, 5.74) is 8.87. The largest absolute Gasteiger partial charge is 0.376 e. The van der Waals surface area contributed by atoms with Gasteiger partial charge in [-0.05, 0) is 12.8 Å². The number of amides is 1. The van der Waals surface area contributed by atoms with Gasteiger partial charge in [-0.1, -0.05) is 0 Å². The molecule has 5 nitrogen and oxygen atoms in total. The minimum atomic E-state index is -0.354. The summed E-state index contributed by atoms with van der Waals surface area (Å²) < 4.78 is 5.48. The second kappa shape index (κ2) is 3.98. The third kappa shape index (κ3) is 2.05. The van der Waals surface area contributed by atoms with Crippen LogP contribution in [0.15, 0.2) is 11.8 Å². The maximum Gasteiger partial charge on any atom is 0.247 e. The van der Waals surface area contributed by atoms with Crippen molar-refractivity contribution in [2.24, 2.45) is 5.73 Å². The smallest absolute Gasteiger partial charge is 0.247 e. The molecule has 2 aliphatic rings. The zero-order chi connectivity index (χ0) is 9.97. The minimum absolute atomic E-state index is 0.283. The van der Waals surface area contributed by atoms with E-state index in [9.17, 15) is 4.79 Å². The lowest BCUT2D eigenvalue weighted by atomic mass is 10.2. The number of carbonyl (C=O) groups is 1. The predicted molar refractivity (Wildman–Crippen MR) is 51.0 cm³/mol. The molecule has 78 valence electrons. The fourth-order valence-corrected chi connectivity index (χ4v) is 1.74. The number of rotatable bonds is 3. The van der Waals surface area contributed by atoms with Gasteiger partial charge in [0.1, 0.15) is 0 Å². The average molecular weight is 197 g/mol. The monoisotopic (exact) mass is 197 g/mol. The van der Waals surface area contributed by atoms with E-state index in [0.29, 0.717) is 12.1 Å². The van der Waals surface area contributed by atoms with Gasteiger partial charge in [-0.3, -0.25) is 4.79 Å². The summed E-state index contributed by atoms with van der Waals surface area (Å²) >= 11 is 0. The van der Waals surface area contributed by atoms with Gasteiger partial charge in [-0.2, -0.15) is 0 Å². The van der Waals surface area contributed by atoms with Gasteiger partial charge in [0.15, 0.2) is 0 Å². The van der Waals surface area contributed by atoms with Crippen LogP contribution in [0.3, 0.4) is 0 Å². The molecule has 1 unspecified atom stereocenters. The summed E-state index contributed by atoms with van der Waals surface area (Å²) in [6.07, 6.45) is 4.28. The van der Waals surface area contributed by atoms with E-state index in [4.69, 9.17) is 10.5 Å². The zero-order valence-corrected chi connectivity index (χ0v) is 8.03. The van der Waals surface area contributed by atoms with Crippen molar-refractivity contribution >= 4 is 5.91 Å². The number of primary amides is 1. The summed E-state index contributed by atoms with van der Waals surface area (Å²) in [4.78, 5) is 10.8. The first-order chi connectivity index (χ1) is 6.75. The van der Waals surface area contributed by atoms with Crippen LogP contribution in [0.4, 0.5) is 0 Å². The summed E-state index contributed by atoms with van der Waals surface area (Å²) in [7, 11) is 0. The molecule has 1 amide bonds. The maximum absolute atomic E-state index is 10.8. The van der Waals surface area contributed by atoms with Crippen LogP contribution < -0.4 is 11.2 Å². The molecule has 0 aliphatic carbocycles. The Bertz CT molecular complexity index is 259. The Morgan fingerprint density at radius 2 is 2.64 bits per heavy atom. The molecule has 0 aromatic carbocycles. The second-order valence-electron chi connectivity index (χ2n) is 3.64. The van der Waals surface area contributed by atoms with Crippen LogP contribution in [0.2, 0.25) is 0 Å². The lowest BCUT2D eigenvalue weighted by Gasteiger charge is -2.19. The van der Waals surface area contributed by atoms with Crippen LogP contribution >= 0.6 is 0 Å². The van der Waals surface area contributed by atoms with E-state index in [-0.39, 0.29) is 12.0 Å². The van der Waals surface area contributed by atoms with Gasteiger partial charge in [0, 0.05) is 24.9 Å². The third-order valence-electron chi connectivity index (χ3n) is 2.53. The van der Waals surface area contributed by atoms with Crippen LogP contribution in [0, 0.1) is 0 Å². The minimum Gasteiger partial charge on any atom is -0.376 e. The van der Waals surface area contributed by atoms with E-state index in [1.165, 1.54) is 0 Å². The van der Waals surface area contributed by atoms with Crippen molar-refractivity contribution in [1.82, 2.24) is 10.4 Å². The van der Waals surface area contributed by atoms with Crippen molar-refractivity contribution in [2.45, 2.75) is 18.9 Å². The van der Waals surface area contributed by atoms with Gasteiger partial charge < -0.3 is 15.5 Å². The number of ether oxygens (including phenoxy) is 1. The quantitative estimate of drug-likeness (QED) is 0.631. The van der Waals surface area contributed by atoms with Gasteiger partial charge >= 0.3 is 0 Å². The van der Waals surface area contributed by atoms with Crippen molar-refractivity contribution in [3.8, 4) is 0 Å². The third-order valence-corrected chi connectivity index (χ3v) is 2.53. The number of nitrogens with one attached hydrogen (secondary N) is 1. The van der Waals surface area contributed by atoms with Crippen molar-refractivity contribution in [3.05, 3.63) is 11.8 Å². The standard InChI is InChI=1S/C9H15N3O2/c10-9(13)7-4-11-12(5-7)6-8-2-1-3-14-8/h5,8,11H,1-4,6H2,(H2,10,13). The molecule has 0 saturated carbocycles. The molecule has 14 heavy (non-hydrogen) atoms. The summed E-state index contributed by atoms with van der Waals surface area (Å²) in [6.45, 7) is 2.17. The Kier molecular flexibility index (Phi) is 2.69. The number of nitrogens with two attached hydrogens (primary N) is 1. The fourth-order valence-electron chi connectivity index (χ4n) is 1.74. The van der Waals surface area contributed by atoms with E-state index in [0.717, 1.165) is 26.0 Å². The molecule has 3 N–H and O–H groups in total. The molecule has 1 saturated heterocycles. The number of nitrogens with zero attached hydrogens (tertiary/aromatic N) is 1. The maximum atomic E-state index is 10.8. The highest BCUT2D eigenvalue weighted by Crippen LogP contribution is 2.14. The highest BCUT2D eigenvalue weighted by Gasteiger charge is 2.21. The Labute approximate surface area is 82.9 Å². The number of hydrazine groups is 1. The summed E-state index contributed by atoms with van der Waals surface area (Å²) in [5.74, 6) is -0.354. The molecular formula is C9H15N3O2. The molecule has 2 heterocycles. The van der Waals surface area contributed by atoms with E-state index in [2.05, 4.69) is 5.43 Å². The Balaban J connectivity index is 1.85. The Morgan fingerprint density at radius 1 is 1.79 bits per heavy atom. The van der Waals surface area contributed by atoms with E-state index < -0.39 is 0 Å². The highest BCUT2D eigenvalue weighted by atomic mass is 16.5. The van der Waals surface area contributed by atoms with Crippen LogP contribution in [0.25, 0.3) is 0 Å². The normalized spacial score (nSPS) is 26.7. The first-order valence-electron chi connectivity index (χ1n) is 4.88. The van der Waals surface area contributed by atoms with Crippen LogP contribution in [-0.2, 0) is 9.53 Å². The van der Waals surface area contributed by atoms with Crippen LogP contribution in [0.5, 0.6) is 0 Å². The molecule has 0 bridgehead atoms. The molecular weight excluding hydrogens is 182 g/mol. The number of hydrogen-bond acceptors (Lipinski definition) is 4. The molecule has 0 aromatic heterocycles. The number of carbonyl (C=O) groups excluding carboxylic acids is 1. The Hall–Kier alpha value is -1.07. The SMILES string of the molecule is NC(=O)C1=CN(CC2CCCO2)NC1. The molecule has 2 aliphatic heterocycles. The van der Waals surface area contributed by atoms with Gasteiger partial charge in [-0.25, -0.2) is 5.43 Å². The molecule has 0 spiro atoms. The van der Waals surface area contributed by atoms with Crippen LogP contribution in [0.1, 0.15) is 12.8 Å². The van der Waals surface area contributed by atoms with Gasteiger partial charge in [0.2, 0.25) is 5.91 Å². The first-order valence-corrected chi connectivity index (χ1v) is 4.88.